The Morgan fingerprint density at radius 1 is 0.688 bits per heavy atom. The van der Waals surface area contributed by atoms with Gasteiger partial charge in [-0.05, 0) is 37.8 Å². The number of rotatable bonds is 21. The molecular formula is C28H50O4. The molecule has 0 spiro atoms. The summed E-state index contributed by atoms with van der Waals surface area (Å²) in [6.07, 6.45) is 15.7. The molecular weight excluding hydrogens is 400 g/mol. The molecule has 32 heavy (non-hydrogen) atoms. The molecule has 0 aliphatic carbocycles. The molecule has 0 aliphatic rings. The van der Waals surface area contributed by atoms with Crippen molar-refractivity contribution in [1.82, 2.24) is 0 Å². The summed E-state index contributed by atoms with van der Waals surface area (Å²) in [7, 11) is 0. The second kappa shape index (κ2) is 18.3. The monoisotopic (exact) mass is 450 g/mol. The third-order valence-corrected chi connectivity index (χ3v) is 6.56. The number of ether oxygens (including phenoxy) is 1. The molecule has 0 aliphatic heterocycles. The van der Waals surface area contributed by atoms with Gasteiger partial charge in [0.05, 0.1) is 6.61 Å². The summed E-state index contributed by atoms with van der Waals surface area (Å²) >= 11 is 0. The van der Waals surface area contributed by atoms with Gasteiger partial charge in [-0.1, -0.05) is 109 Å². The van der Waals surface area contributed by atoms with E-state index in [0.29, 0.717) is 18.6 Å². The van der Waals surface area contributed by atoms with E-state index in [-0.39, 0.29) is 0 Å². The Bertz CT molecular complexity index is 515. The van der Waals surface area contributed by atoms with Gasteiger partial charge in [-0.25, -0.2) is 0 Å². The van der Waals surface area contributed by atoms with Crippen molar-refractivity contribution in [1.29, 1.82) is 0 Å². The average molecular weight is 451 g/mol. The highest BCUT2D eigenvalue weighted by atomic mass is 16.5. The maximum absolute atomic E-state index is 11.1. The van der Waals surface area contributed by atoms with Crippen molar-refractivity contribution >= 4 is 0 Å². The van der Waals surface area contributed by atoms with Gasteiger partial charge in [0.1, 0.15) is 23.6 Å². The summed E-state index contributed by atoms with van der Waals surface area (Å²) in [5.41, 5.74) is -0.879. The molecule has 186 valence electrons. The first-order chi connectivity index (χ1) is 15.6. The van der Waals surface area contributed by atoms with Crippen molar-refractivity contribution in [2.45, 2.75) is 134 Å². The van der Waals surface area contributed by atoms with Gasteiger partial charge in [-0.3, -0.25) is 0 Å². The number of hydrogen-bond acceptors (Lipinski definition) is 4. The second-order valence-electron chi connectivity index (χ2n) is 9.42. The topological polar surface area (TPSA) is 69.9 Å². The van der Waals surface area contributed by atoms with Crippen molar-refractivity contribution in [2.75, 3.05) is 6.61 Å². The van der Waals surface area contributed by atoms with Gasteiger partial charge < -0.3 is 20.1 Å². The van der Waals surface area contributed by atoms with Gasteiger partial charge in [0.2, 0.25) is 0 Å². The van der Waals surface area contributed by atoms with Crippen molar-refractivity contribution in [3.63, 3.8) is 0 Å². The smallest absolute Gasteiger partial charge is 0.137 e. The maximum Gasteiger partial charge on any atom is 0.137 e. The Balaban J connectivity index is 2.80. The van der Waals surface area contributed by atoms with Crippen LogP contribution in [0.4, 0.5) is 0 Å². The first kappa shape index (κ1) is 28.9. The summed E-state index contributed by atoms with van der Waals surface area (Å²) < 4.78 is 6.46. The highest BCUT2D eigenvalue weighted by Crippen LogP contribution is 2.34. The summed E-state index contributed by atoms with van der Waals surface area (Å²) in [4.78, 5) is 0. The van der Waals surface area contributed by atoms with Crippen LogP contribution >= 0.6 is 0 Å². The molecule has 1 rings (SSSR count). The zero-order chi connectivity index (χ0) is 23.5. The van der Waals surface area contributed by atoms with E-state index >= 15 is 0 Å². The van der Waals surface area contributed by atoms with Crippen molar-refractivity contribution < 1.29 is 20.1 Å². The fourth-order valence-electron chi connectivity index (χ4n) is 4.52. The molecule has 0 aromatic heterocycles. The largest absolute Gasteiger partial charge is 0.484 e. The lowest BCUT2D eigenvalue weighted by molar-refractivity contribution is -0.130. The lowest BCUT2D eigenvalue weighted by Gasteiger charge is -2.40. The molecule has 0 unspecified atom stereocenters. The predicted octanol–water partition coefficient (Wildman–Crippen LogP) is 6.80. The molecule has 0 saturated carbocycles. The van der Waals surface area contributed by atoms with Gasteiger partial charge in [-0.2, -0.15) is 0 Å². The lowest BCUT2D eigenvalue weighted by atomic mass is 9.82. The van der Waals surface area contributed by atoms with Crippen LogP contribution in [0.3, 0.4) is 0 Å². The van der Waals surface area contributed by atoms with Crippen LogP contribution in [-0.4, -0.2) is 39.7 Å². The van der Waals surface area contributed by atoms with Gasteiger partial charge >= 0.3 is 0 Å². The number of hydrogen-bond donors (Lipinski definition) is 3. The minimum atomic E-state index is -1.20. The SMILES string of the molecule is CCCCCCCCCC(CCCCCCCCC)(Oc1ccccc1)[C@H](O)[C@H](O)CO. The Kier molecular flexibility index (Phi) is 16.6. The Hall–Kier alpha value is -1.10. The van der Waals surface area contributed by atoms with E-state index in [0.717, 1.165) is 25.7 Å². The Morgan fingerprint density at radius 2 is 1.12 bits per heavy atom. The van der Waals surface area contributed by atoms with E-state index in [1.54, 1.807) is 0 Å². The highest BCUT2D eigenvalue weighted by Gasteiger charge is 2.43. The molecule has 0 fully saturated rings. The van der Waals surface area contributed by atoms with Gasteiger partial charge in [-0.15, -0.1) is 0 Å². The number of aliphatic hydroxyl groups is 3. The summed E-state index contributed by atoms with van der Waals surface area (Å²) in [5.74, 6) is 0.711. The van der Waals surface area contributed by atoms with E-state index in [2.05, 4.69) is 13.8 Å². The van der Waals surface area contributed by atoms with Crippen LogP contribution in [0.1, 0.15) is 117 Å². The van der Waals surface area contributed by atoms with Gasteiger partial charge in [0, 0.05) is 0 Å². The van der Waals surface area contributed by atoms with Crippen molar-refractivity contribution in [2.24, 2.45) is 0 Å². The van der Waals surface area contributed by atoms with Crippen molar-refractivity contribution in [3.05, 3.63) is 30.3 Å². The number of benzene rings is 1. The standard InChI is InChI=1S/C28H50O4/c1-3-5-7-9-11-13-18-22-28(27(31)26(30)24-29,32-25-20-16-15-17-21-25)23-19-14-12-10-8-6-4-2/h15-17,20-21,26-27,29-31H,3-14,18-19,22-24H2,1-2H3/t26-,27-/m1/s1. The van der Waals surface area contributed by atoms with Crippen LogP contribution in [-0.2, 0) is 0 Å². The van der Waals surface area contributed by atoms with E-state index in [4.69, 9.17) is 4.74 Å². The first-order valence-corrected chi connectivity index (χ1v) is 13.3. The summed E-state index contributed by atoms with van der Waals surface area (Å²) in [6.45, 7) is 4.00. The third kappa shape index (κ3) is 11.7. The molecule has 1 aromatic rings. The van der Waals surface area contributed by atoms with Crippen LogP contribution < -0.4 is 4.74 Å². The van der Waals surface area contributed by atoms with Gasteiger partial charge in [0.25, 0.3) is 0 Å². The highest BCUT2D eigenvalue weighted by molar-refractivity contribution is 5.22. The molecule has 0 heterocycles. The number of aliphatic hydroxyl groups excluding tert-OH is 3. The average Bonchev–Trinajstić information content (AvgIpc) is 2.82. The second-order valence-corrected chi connectivity index (χ2v) is 9.42. The van der Waals surface area contributed by atoms with E-state index in [1.807, 2.05) is 30.3 Å². The number of unbranched alkanes of at least 4 members (excludes halogenated alkanes) is 12. The van der Waals surface area contributed by atoms with Crippen molar-refractivity contribution in [3.8, 4) is 5.75 Å². The molecule has 3 N–H and O–H groups in total. The Labute approximate surface area is 197 Å². The van der Waals surface area contributed by atoms with E-state index in [1.165, 1.54) is 64.2 Å². The molecule has 0 radical (unpaired) electrons. The molecule has 2 atom stereocenters. The first-order valence-electron chi connectivity index (χ1n) is 13.3. The lowest BCUT2D eigenvalue weighted by Crippen LogP contribution is -2.54. The zero-order valence-corrected chi connectivity index (χ0v) is 20.8. The minimum absolute atomic E-state index is 0.463. The van der Waals surface area contributed by atoms with Crippen LogP contribution in [0.15, 0.2) is 30.3 Å². The predicted molar refractivity (Wildman–Crippen MR) is 134 cm³/mol. The molecule has 1 aromatic carbocycles. The third-order valence-electron chi connectivity index (χ3n) is 6.56. The fourth-order valence-corrected chi connectivity index (χ4v) is 4.52. The summed E-state index contributed by atoms with van der Waals surface area (Å²) in [6, 6.07) is 9.61. The van der Waals surface area contributed by atoms with Gasteiger partial charge in [0.15, 0.2) is 0 Å². The summed E-state index contributed by atoms with van der Waals surface area (Å²) in [5, 5.41) is 31.0. The molecule has 0 bridgehead atoms. The van der Waals surface area contributed by atoms with E-state index in [9.17, 15) is 15.3 Å². The van der Waals surface area contributed by atoms with E-state index < -0.39 is 24.4 Å². The zero-order valence-electron chi connectivity index (χ0n) is 20.8. The molecule has 0 saturated heterocycles. The van der Waals surface area contributed by atoms with Crippen LogP contribution in [0.5, 0.6) is 5.75 Å². The number of para-hydroxylation sites is 1. The fraction of sp³-hybridized carbons (Fsp3) is 0.786. The minimum Gasteiger partial charge on any atom is -0.484 e. The molecule has 4 nitrogen and oxygen atoms in total. The van der Waals surface area contributed by atoms with Crippen LogP contribution in [0.2, 0.25) is 0 Å². The normalized spacial score (nSPS) is 13.8. The molecule has 4 heteroatoms. The molecule has 0 amide bonds. The maximum atomic E-state index is 11.1. The Morgan fingerprint density at radius 3 is 1.56 bits per heavy atom. The quantitative estimate of drug-likeness (QED) is 0.180. The van der Waals surface area contributed by atoms with Crippen LogP contribution in [0.25, 0.3) is 0 Å². The van der Waals surface area contributed by atoms with Crippen LogP contribution in [0, 0.1) is 0 Å².